The first-order valence-electron chi connectivity index (χ1n) is 9.56. The maximum Gasteiger partial charge on any atom is 0.333 e. The molecule has 0 saturated heterocycles. The van der Waals surface area contributed by atoms with Crippen molar-refractivity contribution in [1.29, 1.82) is 0 Å². The van der Waals surface area contributed by atoms with E-state index in [-0.39, 0.29) is 6.42 Å². The Morgan fingerprint density at radius 3 is 1.89 bits per heavy atom. The highest BCUT2D eigenvalue weighted by atomic mass is 16.7. The first-order chi connectivity index (χ1) is 13.3. The van der Waals surface area contributed by atoms with Crippen LogP contribution in [-0.2, 0) is 16.1 Å². The van der Waals surface area contributed by atoms with Crippen LogP contribution in [0.1, 0.15) is 67.8 Å². The fourth-order valence-electron chi connectivity index (χ4n) is 3.62. The van der Waals surface area contributed by atoms with Crippen LogP contribution in [-0.4, -0.2) is 22.8 Å². The number of rotatable bonds is 6. The molecule has 0 aromatic heterocycles. The summed E-state index contributed by atoms with van der Waals surface area (Å²) in [4.78, 5) is 42.8. The number of fused-ring (bicyclic) bond motifs is 1. The van der Waals surface area contributed by atoms with Crippen molar-refractivity contribution in [3.8, 4) is 0 Å². The molecule has 3 rings (SSSR count). The fourth-order valence-corrected chi connectivity index (χ4v) is 3.62. The smallest absolute Gasteiger partial charge is 0.330 e. The quantitative estimate of drug-likeness (QED) is 0.552. The standard InChI is InChI=1S/C23H25NO4/c1-14-15(2)17(4)21-20(16(14)3)22(26)24(23(21)27)28-19(25)13-9-8-12-18-10-6-5-7-11-18/h5-7,10-11H,8-9,12-13H2,1-4H3. The van der Waals surface area contributed by atoms with Gasteiger partial charge < -0.3 is 4.84 Å². The highest BCUT2D eigenvalue weighted by Crippen LogP contribution is 2.33. The number of amides is 2. The van der Waals surface area contributed by atoms with Gasteiger partial charge in [-0.1, -0.05) is 35.4 Å². The fraction of sp³-hybridized carbons (Fsp3) is 0.348. The summed E-state index contributed by atoms with van der Waals surface area (Å²) in [5, 5.41) is 0.628. The minimum absolute atomic E-state index is 0.163. The number of hydroxylamine groups is 2. The van der Waals surface area contributed by atoms with E-state index in [0.717, 1.165) is 35.1 Å². The molecule has 1 aliphatic rings. The summed E-state index contributed by atoms with van der Waals surface area (Å²) in [7, 11) is 0. The Balaban J connectivity index is 1.62. The molecule has 0 bridgehead atoms. The summed E-state index contributed by atoms with van der Waals surface area (Å²) in [6, 6.07) is 10.0. The average Bonchev–Trinajstić information content (AvgIpc) is 2.93. The average molecular weight is 379 g/mol. The highest BCUT2D eigenvalue weighted by molar-refractivity contribution is 6.22. The van der Waals surface area contributed by atoms with E-state index in [4.69, 9.17) is 4.84 Å². The largest absolute Gasteiger partial charge is 0.333 e. The van der Waals surface area contributed by atoms with Crippen molar-refractivity contribution in [1.82, 2.24) is 5.06 Å². The molecule has 2 aromatic carbocycles. The summed E-state index contributed by atoms with van der Waals surface area (Å²) in [6.45, 7) is 7.50. The number of imide groups is 1. The lowest BCUT2D eigenvalue weighted by atomic mass is 9.90. The molecule has 146 valence electrons. The molecule has 0 spiro atoms. The van der Waals surface area contributed by atoms with Crippen LogP contribution in [0.15, 0.2) is 30.3 Å². The van der Waals surface area contributed by atoms with Crippen LogP contribution >= 0.6 is 0 Å². The maximum atomic E-state index is 12.7. The second-order valence-electron chi connectivity index (χ2n) is 7.31. The summed E-state index contributed by atoms with van der Waals surface area (Å²) >= 11 is 0. The molecule has 5 heteroatoms. The summed E-state index contributed by atoms with van der Waals surface area (Å²) in [5.74, 6) is -1.67. The zero-order valence-electron chi connectivity index (χ0n) is 16.8. The van der Waals surface area contributed by atoms with Crippen LogP contribution in [0, 0.1) is 27.7 Å². The second-order valence-corrected chi connectivity index (χ2v) is 7.31. The van der Waals surface area contributed by atoms with Gasteiger partial charge in [-0.15, -0.1) is 0 Å². The molecule has 0 N–H and O–H groups in total. The molecule has 2 amide bonds. The third kappa shape index (κ3) is 3.57. The Morgan fingerprint density at radius 1 is 0.821 bits per heavy atom. The van der Waals surface area contributed by atoms with Gasteiger partial charge in [-0.2, -0.15) is 0 Å². The lowest BCUT2D eigenvalue weighted by Crippen LogP contribution is -2.32. The Hall–Kier alpha value is -2.95. The van der Waals surface area contributed by atoms with Gasteiger partial charge in [-0.3, -0.25) is 9.59 Å². The molecule has 0 fully saturated rings. The Labute approximate surface area is 165 Å². The van der Waals surface area contributed by atoms with E-state index in [1.165, 1.54) is 5.56 Å². The molecular weight excluding hydrogens is 354 g/mol. The van der Waals surface area contributed by atoms with Crippen LogP contribution in [0.25, 0.3) is 0 Å². The minimum Gasteiger partial charge on any atom is -0.330 e. The summed E-state index contributed by atoms with van der Waals surface area (Å²) in [6.07, 6.45) is 2.50. The maximum absolute atomic E-state index is 12.7. The predicted octanol–water partition coefficient (Wildman–Crippen LogP) is 4.39. The molecule has 28 heavy (non-hydrogen) atoms. The Morgan fingerprint density at radius 2 is 1.36 bits per heavy atom. The van der Waals surface area contributed by atoms with E-state index in [1.807, 2.05) is 58.0 Å². The van der Waals surface area contributed by atoms with Gasteiger partial charge in [0.1, 0.15) is 0 Å². The monoisotopic (exact) mass is 379 g/mol. The summed E-state index contributed by atoms with van der Waals surface area (Å²) < 4.78 is 0. The van der Waals surface area contributed by atoms with E-state index in [1.54, 1.807) is 0 Å². The van der Waals surface area contributed by atoms with E-state index in [0.29, 0.717) is 22.6 Å². The number of aryl methyl sites for hydroxylation is 1. The van der Waals surface area contributed by atoms with Crippen molar-refractivity contribution in [2.24, 2.45) is 0 Å². The normalized spacial score (nSPS) is 13.1. The van der Waals surface area contributed by atoms with E-state index in [2.05, 4.69) is 0 Å². The molecule has 0 radical (unpaired) electrons. The highest BCUT2D eigenvalue weighted by Gasteiger charge is 2.42. The van der Waals surface area contributed by atoms with E-state index >= 15 is 0 Å². The van der Waals surface area contributed by atoms with Crippen molar-refractivity contribution in [3.63, 3.8) is 0 Å². The first kappa shape index (κ1) is 19.8. The van der Waals surface area contributed by atoms with Gasteiger partial charge in [0.05, 0.1) is 11.1 Å². The molecule has 1 aliphatic heterocycles. The number of carbonyl (C=O) groups excluding carboxylic acids is 3. The predicted molar refractivity (Wildman–Crippen MR) is 106 cm³/mol. The van der Waals surface area contributed by atoms with Gasteiger partial charge >= 0.3 is 5.97 Å². The van der Waals surface area contributed by atoms with Crippen LogP contribution in [0.3, 0.4) is 0 Å². The number of hydrogen-bond acceptors (Lipinski definition) is 4. The van der Waals surface area contributed by atoms with Crippen LogP contribution in [0.4, 0.5) is 0 Å². The van der Waals surface area contributed by atoms with Crippen LogP contribution < -0.4 is 0 Å². The molecule has 0 unspecified atom stereocenters. The lowest BCUT2D eigenvalue weighted by molar-refractivity contribution is -0.168. The third-order valence-electron chi connectivity index (χ3n) is 5.62. The number of benzene rings is 2. The van der Waals surface area contributed by atoms with Crippen LogP contribution in [0.5, 0.6) is 0 Å². The summed E-state index contributed by atoms with van der Waals surface area (Å²) in [5.41, 5.74) is 5.39. The first-order valence-corrected chi connectivity index (χ1v) is 9.56. The topological polar surface area (TPSA) is 63.7 Å². The number of carbonyl (C=O) groups is 3. The van der Waals surface area contributed by atoms with E-state index in [9.17, 15) is 14.4 Å². The van der Waals surface area contributed by atoms with Crippen molar-refractivity contribution in [2.75, 3.05) is 0 Å². The Kier molecular flexibility index (Phi) is 5.63. The van der Waals surface area contributed by atoms with Gasteiger partial charge in [-0.25, -0.2) is 4.79 Å². The van der Waals surface area contributed by atoms with Crippen molar-refractivity contribution in [3.05, 3.63) is 69.3 Å². The molecule has 0 aliphatic carbocycles. The molecule has 2 aromatic rings. The van der Waals surface area contributed by atoms with Crippen LogP contribution in [0.2, 0.25) is 0 Å². The van der Waals surface area contributed by atoms with Gasteiger partial charge in [0, 0.05) is 6.42 Å². The van der Waals surface area contributed by atoms with Gasteiger partial charge in [0.2, 0.25) is 0 Å². The Bertz CT molecular complexity index is 900. The van der Waals surface area contributed by atoms with Crippen molar-refractivity contribution >= 4 is 17.8 Å². The lowest BCUT2D eigenvalue weighted by Gasteiger charge is -2.12. The number of hydrogen-bond donors (Lipinski definition) is 0. The van der Waals surface area contributed by atoms with Gasteiger partial charge in [0.15, 0.2) is 0 Å². The minimum atomic E-state index is -0.564. The SMILES string of the molecule is Cc1c(C)c(C)c2c(c1C)C(=O)N(OC(=O)CCCCc1ccccc1)C2=O. The number of unbranched alkanes of at least 4 members (excludes halogenated alkanes) is 1. The van der Waals surface area contributed by atoms with E-state index < -0.39 is 17.8 Å². The van der Waals surface area contributed by atoms with Gasteiger partial charge in [-0.05, 0) is 74.8 Å². The molecule has 1 heterocycles. The molecule has 0 atom stereocenters. The zero-order chi connectivity index (χ0) is 20.4. The molecule has 5 nitrogen and oxygen atoms in total. The number of nitrogens with zero attached hydrogens (tertiary/aromatic N) is 1. The molecular formula is C23H25NO4. The second kappa shape index (κ2) is 7.97. The third-order valence-corrected chi connectivity index (χ3v) is 5.62. The zero-order valence-corrected chi connectivity index (χ0v) is 16.8. The van der Waals surface area contributed by atoms with Crippen molar-refractivity contribution in [2.45, 2.75) is 53.4 Å². The van der Waals surface area contributed by atoms with Crippen molar-refractivity contribution < 1.29 is 19.2 Å². The molecule has 0 saturated carbocycles. The van der Waals surface area contributed by atoms with Gasteiger partial charge in [0.25, 0.3) is 11.8 Å².